The Kier molecular flexibility index (Phi) is 27.5. The van der Waals surface area contributed by atoms with Gasteiger partial charge in [0, 0.05) is 19.3 Å². The Bertz CT molecular complexity index is 943. The number of esters is 2. The number of allylic oxidation sites excluding steroid dienone is 10. The molecular formula is C38H64NO7+. The molecule has 2 unspecified atom stereocenters. The third kappa shape index (κ3) is 27.3. The number of carbonyl (C=O) groups is 3. The normalized spacial score (nSPS) is 13.8. The molecule has 8 heteroatoms. The molecular weight excluding hydrogens is 582 g/mol. The summed E-state index contributed by atoms with van der Waals surface area (Å²) in [5, 5.41) is 9.51. The first-order valence-corrected chi connectivity index (χ1v) is 17.3. The molecule has 0 saturated heterocycles. The highest BCUT2D eigenvalue weighted by atomic mass is 16.6. The Balaban J connectivity index is 4.33. The van der Waals surface area contributed by atoms with Gasteiger partial charge in [0.1, 0.15) is 6.61 Å². The molecule has 8 nitrogen and oxygen atoms in total. The quantitative estimate of drug-likeness (QED) is 0.0378. The second-order valence-corrected chi connectivity index (χ2v) is 12.4. The van der Waals surface area contributed by atoms with Crippen molar-refractivity contribution in [1.82, 2.24) is 0 Å². The van der Waals surface area contributed by atoms with E-state index in [4.69, 9.17) is 14.2 Å². The van der Waals surface area contributed by atoms with E-state index in [1.165, 1.54) is 0 Å². The number of carboxylic acids is 1. The molecule has 1 N–H and O–H groups in total. The summed E-state index contributed by atoms with van der Waals surface area (Å²) in [7, 11) is 5.47. The Labute approximate surface area is 279 Å². The van der Waals surface area contributed by atoms with Gasteiger partial charge in [0.05, 0.1) is 34.4 Å². The Morgan fingerprint density at radius 2 is 1.22 bits per heavy atom. The van der Waals surface area contributed by atoms with Crippen LogP contribution in [-0.4, -0.2) is 80.6 Å². The zero-order chi connectivity index (χ0) is 34.3. The third-order valence-electron chi connectivity index (χ3n) is 7.18. The SMILES string of the molecule is CC/C=C\C/C=C\C/C=C\C/C=C\C/C=C\CCCCCC(=O)OC(COCCC(C(=O)O)[N+](C)(C)C)COC(=O)CCCCC. The lowest BCUT2D eigenvalue weighted by Crippen LogP contribution is -2.50. The van der Waals surface area contributed by atoms with E-state index in [9.17, 15) is 19.5 Å². The monoisotopic (exact) mass is 646 g/mol. The lowest BCUT2D eigenvalue weighted by Gasteiger charge is -2.31. The summed E-state index contributed by atoms with van der Waals surface area (Å²) in [5.74, 6) is -1.55. The molecule has 0 rings (SSSR count). The van der Waals surface area contributed by atoms with Crippen molar-refractivity contribution in [2.75, 3.05) is 41.0 Å². The molecule has 0 aromatic rings. The lowest BCUT2D eigenvalue weighted by atomic mass is 10.1. The number of carboxylic acid groups (broad SMARTS) is 1. The van der Waals surface area contributed by atoms with Gasteiger partial charge in [-0.2, -0.15) is 0 Å². The van der Waals surface area contributed by atoms with E-state index in [1.807, 2.05) is 21.1 Å². The van der Waals surface area contributed by atoms with E-state index in [0.29, 0.717) is 12.8 Å². The van der Waals surface area contributed by atoms with Gasteiger partial charge < -0.3 is 23.8 Å². The van der Waals surface area contributed by atoms with Gasteiger partial charge in [0.15, 0.2) is 12.1 Å². The highest BCUT2D eigenvalue weighted by molar-refractivity contribution is 5.72. The molecule has 0 fully saturated rings. The van der Waals surface area contributed by atoms with Crippen molar-refractivity contribution in [3.8, 4) is 0 Å². The molecule has 0 aromatic heterocycles. The number of unbranched alkanes of at least 4 members (excludes halogenated alkanes) is 5. The number of nitrogens with zero attached hydrogens (tertiary/aromatic N) is 1. The minimum Gasteiger partial charge on any atom is -0.477 e. The number of aliphatic carboxylic acids is 1. The molecule has 0 radical (unpaired) electrons. The molecule has 0 saturated carbocycles. The maximum absolute atomic E-state index is 12.5. The zero-order valence-electron chi connectivity index (χ0n) is 29.5. The summed E-state index contributed by atoms with van der Waals surface area (Å²) < 4.78 is 16.9. The zero-order valence-corrected chi connectivity index (χ0v) is 29.5. The first-order valence-electron chi connectivity index (χ1n) is 17.3. The van der Waals surface area contributed by atoms with Crippen LogP contribution in [0.4, 0.5) is 0 Å². The largest absolute Gasteiger partial charge is 0.477 e. The lowest BCUT2D eigenvalue weighted by molar-refractivity contribution is -0.887. The summed E-state index contributed by atoms with van der Waals surface area (Å²) >= 11 is 0. The highest BCUT2D eigenvalue weighted by Gasteiger charge is 2.31. The predicted octanol–water partition coefficient (Wildman–Crippen LogP) is 8.29. The molecule has 46 heavy (non-hydrogen) atoms. The van der Waals surface area contributed by atoms with Crippen LogP contribution in [0.1, 0.15) is 110 Å². The van der Waals surface area contributed by atoms with Gasteiger partial charge in [-0.1, -0.05) is 93.9 Å². The minimum absolute atomic E-state index is 0.0432. The van der Waals surface area contributed by atoms with Gasteiger partial charge in [-0.3, -0.25) is 9.59 Å². The second kappa shape index (κ2) is 29.4. The van der Waals surface area contributed by atoms with Crippen molar-refractivity contribution in [3.63, 3.8) is 0 Å². The van der Waals surface area contributed by atoms with Crippen molar-refractivity contribution in [2.24, 2.45) is 0 Å². The van der Waals surface area contributed by atoms with Crippen LogP contribution in [0, 0.1) is 0 Å². The van der Waals surface area contributed by atoms with E-state index < -0.39 is 18.1 Å². The third-order valence-corrected chi connectivity index (χ3v) is 7.18. The van der Waals surface area contributed by atoms with Crippen molar-refractivity contribution >= 4 is 17.9 Å². The number of hydrogen-bond acceptors (Lipinski definition) is 6. The van der Waals surface area contributed by atoms with Crippen molar-refractivity contribution in [3.05, 3.63) is 60.8 Å². The van der Waals surface area contributed by atoms with Crippen LogP contribution in [0.3, 0.4) is 0 Å². The smallest absolute Gasteiger partial charge is 0.362 e. The predicted molar refractivity (Wildman–Crippen MR) is 187 cm³/mol. The van der Waals surface area contributed by atoms with Crippen molar-refractivity contribution in [2.45, 2.75) is 122 Å². The minimum atomic E-state index is -0.888. The maximum Gasteiger partial charge on any atom is 0.362 e. The van der Waals surface area contributed by atoms with Crippen LogP contribution >= 0.6 is 0 Å². The van der Waals surface area contributed by atoms with E-state index >= 15 is 0 Å². The molecule has 0 aliphatic rings. The summed E-state index contributed by atoms with van der Waals surface area (Å²) in [4.78, 5) is 36.2. The average Bonchev–Trinajstić information content (AvgIpc) is 3.00. The van der Waals surface area contributed by atoms with Crippen LogP contribution in [0.2, 0.25) is 0 Å². The summed E-state index contributed by atoms with van der Waals surface area (Å²) in [6.45, 7) is 4.38. The number of likely N-dealkylation sites (N-methyl/N-ethyl adjacent to an activating group) is 1. The number of carbonyl (C=O) groups excluding carboxylic acids is 2. The first kappa shape index (κ1) is 43.0. The van der Waals surface area contributed by atoms with Crippen LogP contribution in [0.25, 0.3) is 0 Å². The van der Waals surface area contributed by atoms with Crippen LogP contribution in [-0.2, 0) is 28.6 Å². The number of quaternary nitrogens is 1. The first-order chi connectivity index (χ1) is 22.1. The van der Waals surface area contributed by atoms with E-state index in [0.717, 1.165) is 77.0 Å². The summed E-state index contributed by atoms with van der Waals surface area (Å²) in [5.41, 5.74) is 0. The van der Waals surface area contributed by atoms with Crippen molar-refractivity contribution < 1.29 is 38.2 Å². The molecule has 0 aromatic carbocycles. The van der Waals surface area contributed by atoms with Crippen molar-refractivity contribution in [1.29, 1.82) is 0 Å². The molecule has 2 atom stereocenters. The van der Waals surface area contributed by atoms with Gasteiger partial charge in [0.25, 0.3) is 0 Å². The molecule has 0 aliphatic carbocycles. The van der Waals surface area contributed by atoms with E-state index in [1.54, 1.807) is 0 Å². The summed E-state index contributed by atoms with van der Waals surface area (Å²) in [6.07, 6.45) is 33.4. The fourth-order valence-corrected chi connectivity index (χ4v) is 4.47. The fourth-order valence-electron chi connectivity index (χ4n) is 4.47. The van der Waals surface area contributed by atoms with Crippen LogP contribution in [0.15, 0.2) is 60.8 Å². The molecule has 0 amide bonds. The molecule has 0 spiro atoms. The fraction of sp³-hybridized carbons (Fsp3) is 0.658. The number of ether oxygens (including phenoxy) is 3. The molecule has 0 bridgehead atoms. The van der Waals surface area contributed by atoms with Crippen LogP contribution in [0.5, 0.6) is 0 Å². The Hall–Kier alpha value is -2.97. The summed E-state index contributed by atoms with van der Waals surface area (Å²) in [6, 6.07) is -0.619. The number of hydrogen-bond donors (Lipinski definition) is 1. The maximum atomic E-state index is 12.5. The van der Waals surface area contributed by atoms with Gasteiger partial charge in [-0.15, -0.1) is 0 Å². The van der Waals surface area contributed by atoms with E-state index in [-0.39, 0.29) is 42.7 Å². The van der Waals surface area contributed by atoms with E-state index in [2.05, 4.69) is 74.6 Å². The Morgan fingerprint density at radius 3 is 1.76 bits per heavy atom. The van der Waals surface area contributed by atoms with Crippen LogP contribution < -0.4 is 0 Å². The van der Waals surface area contributed by atoms with Gasteiger partial charge in [-0.25, -0.2) is 4.79 Å². The van der Waals surface area contributed by atoms with Gasteiger partial charge in [0.2, 0.25) is 0 Å². The van der Waals surface area contributed by atoms with Gasteiger partial charge in [-0.05, 0) is 57.8 Å². The second-order valence-electron chi connectivity index (χ2n) is 12.4. The topological polar surface area (TPSA) is 99.1 Å². The molecule has 262 valence electrons. The number of rotatable bonds is 29. The standard InChI is InChI=1S/C38H63NO7/c1-6-8-10-11-12-13-14-15-16-17-18-19-20-21-22-23-24-25-27-29-37(41)46-34(33-45-36(40)28-26-9-7-2)32-44-31-30-35(38(42)43)39(3,4)5/h8,10,12-13,15-16,18-19,21-22,34-35H,6-7,9,11,14,17,20,23-33H2,1-5H3/p+1/b10-8-,13-12-,16-15-,19-18-,22-21-. The average molecular weight is 647 g/mol. The Morgan fingerprint density at radius 1 is 0.674 bits per heavy atom. The highest BCUT2D eigenvalue weighted by Crippen LogP contribution is 2.11. The molecule has 0 heterocycles. The molecule has 0 aliphatic heterocycles. The van der Waals surface area contributed by atoms with Gasteiger partial charge >= 0.3 is 17.9 Å².